The number of halogens is 1. The Morgan fingerprint density at radius 1 is 1.02 bits per heavy atom. The van der Waals surface area contributed by atoms with Crippen molar-refractivity contribution in [2.45, 2.75) is 43.3 Å². The molecule has 0 unspecified atom stereocenters. The second-order valence-electron chi connectivity index (χ2n) is 11.5. The molecule has 1 amide bonds. The average Bonchev–Trinajstić information content (AvgIpc) is 3.66. The lowest BCUT2D eigenvalue weighted by atomic mass is 9.95. The second kappa shape index (κ2) is 14.7. The molecule has 10 nitrogen and oxygen atoms in total. The van der Waals surface area contributed by atoms with E-state index in [1.165, 1.54) is 28.8 Å². The van der Waals surface area contributed by atoms with Crippen molar-refractivity contribution in [3.8, 4) is 23.0 Å². The van der Waals surface area contributed by atoms with Gasteiger partial charge in [0, 0.05) is 11.3 Å². The van der Waals surface area contributed by atoms with Gasteiger partial charge in [-0.1, -0.05) is 55.1 Å². The van der Waals surface area contributed by atoms with E-state index in [4.69, 9.17) is 18.9 Å². The molecule has 1 fully saturated rings. The molecule has 0 bridgehead atoms. The molecule has 4 aromatic rings. The number of carbonyl (C=O) groups excluding carboxylic acids is 2. The van der Waals surface area contributed by atoms with Gasteiger partial charge in [0.1, 0.15) is 24.8 Å². The first kappa shape index (κ1) is 33.3. The first-order valence-corrected chi connectivity index (χ1v) is 17.3. The number of nitrogens with zero attached hydrogens (tertiary/aromatic N) is 3. The van der Waals surface area contributed by atoms with Crippen LogP contribution in [-0.4, -0.2) is 53.4 Å². The summed E-state index contributed by atoms with van der Waals surface area (Å²) >= 11 is 2.51. The molecule has 3 heterocycles. The van der Waals surface area contributed by atoms with Gasteiger partial charge < -0.3 is 24.1 Å². The highest BCUT2D eigenvalue weighted by atomic mass is 32.2. The Morgan fingerprint density at radius 2 is 1.79 bits per heavy atom. The van der Waals surface area contributed by atoms with E-state index in [1.807, 2.05) is 6.92 Å². The fraction of sp³-hybridized carbons (Fsp3) is 0.314. The van der Waals surface area contributed by atoms with Gasteiger partial charge in [0.2, 0.25) is 5.13 Å². The number of ether oxygens (including phenoxy) is 4. The molecule has 3 aromatic carbocycles. The van der Waals surface area contributed by atoms with Gasteiger partial charge in [-0.2, -0.15) is 0 Å². The second-order valence-corrected chi connectivity index (χ2v) is 13.6. The largest absolute Gasteiger partial charge is 0.507 e. The molecule has 0 spiro atoms. The number of aromatic nitrogens is 2. The highest BCUT2D eigenvalue weighted by Gasteiger charge is 2.48. The summed E-state index contributed by atoms with van der Waals surface area (Å²) in [6.07, 6.45) is 0.849. The fourth-order valence-electron chi connectivity index (χ4n) is 5.26. The van der Waals surface area contributed by atoms with Gasteiger partial charge in [-0.3, -0.25) is 14.5 Å². The number of hydrogen-bond donors (Lipinski definition) is 1. The number of fused-ring (bicyclic) bond motifs is 1. The maximum absolute atomic E-state index is 13.8. The minimum Gasteiger partial charge on any atom is -0.507 e. The first-order valence-electron chi connectivity index (χ1n) is 15.5. The predicted molar refractivity (Wildman–Crippen MR) is 181 cm³/mol. The van der Waals surface area contributed by atoms with Crippen molar-refractivity contribution in [2.75, 3.05) is 31.3 Å². The molecule has 250 valence electrons. The number of benzene rings is 3. The van der Waals surface area contributed by atoms with Crippen LogP contribution < -0.4 is 23.8 Å². The standard InChI is InChI=1S/C35H34FN3O7S2/c1-4-43-27-17-22(7-11-25(27)44-14-13-20(2)3)30-29(31(40)23-8-12-26-28(18-23)46-16-15-45-26)32(41)33(42)39(30)34-37-38-35(48-34)47-19-21-5-9-24(36)10-6-21/h5-12,17-18,20,30,40H,4,13-16,19H2,1-3H3/b31-29+/t30-/m0/s1. The number of ketones is 1. The molecular weight excluding hydrogens is 658 g/mol. The van der Waals surface area contributed by atoms with Gasteiger partial charge in [-0.05, 0) is 72.9 Å². The van der Waals surface area contributed by atoms with E-state index in [1.54, 1.807) is 48.5 Å². The third-order valence-electron chi connectivity index (χ3n) is 7.67. The maximum atomic E-state index is 13.8. The summed E-state index contributed by atoms with van der Waals surface area (Å²) in [5, 5.41) is 20.4. The lowest BCUT2D eigenvalue weighted by Crippen LogP contribution is -2.29. The molecule has 1 N–H and O–H groups in total. The van der Waals surface area contributed by atoms with Gasteiger partial charge >= 0.3 is 5.91 Å². The van der Waals surface area contributed by atoms with Crippen molar-refractivity contribution in [1.82, 2.24) is 10.2 Å². The molecule has 6 rings (SSSR count). The lowest BCUT2D eigenvalue weighted by Gasteiger charge is -2.24. The number of Topliss-reactive ketones (excluding diaryl/α,β-unsaturated/α-hetero) is 1. The third-order valence-corrected chi connectivity index (χ3v) is 9.80. The van der Waals surface area contributed by atoms with Gasteiger partial charge in [0.25, 0.3) is 5.78 Å². The SMILES string of the molecule is CCOc1cc([C@H]2/C(=C(\O)c3ccc4c(c3)OCCO4)C(=O)C(=O)N2c2nnc(SCc3ccc(F)cc3)s2)ccc1OCCC(C)C. The summed E-state index contributed by atoms with van der Waals surface area (Å²) in [6, 6.07) is 15.2. The Labute approximate surface area is 285 Å². The molecule has 1 aromatic heterocycles. The van der Waals surface area contributed by atoms with Crippen molar-refractivity contribution in [2.24, 2.45) is 5.92 Å². The Morgan fingerprint density at radius 3 is 2.54 bits per heavy atom. The topological polar surface area (TPSA) is 120 Å². The Kier molecular flexibility index (Phi) is 10.2. The number of carbonyl (C=O) groups is 2. The monoisotopic (exact) mass is 691 g/mol. The highest BCUT2D eigenvalue weighted by Crippen LogP contribution is 2.46. The van der Waals surface area contributed by atoms with E-state index < -0.39 is 17.7 Å². The first-order chi connectivity index (χ1) is 23.2. The smallest absolute Gasteiger partial charge is 0.301 e. The zero-order valence-corrected chi connectivity index (χ0v) is 28.2. The zero-order chi connectivity index (χ0) is 33.8. The van der Waals surface area contributed by atoms with Gasteiger partial charge in [-0.15, -0.1) is 10.2 Å². The molecule has 48 heavy (non-hydrogen) atoms. The zero-order valence-electron chi connectivity index (χ0n) is 26.6. The number of anilines is 1. The van der Waals surface area contributed by atoms with E-state index in [-0.39, 0.29) is 27.8 Å². The van der Waals surface area contributed by atoms with Crippen molar-refractivity contribution in [1.29, 1.82) is 0 Å². The molecule has 2 aliphatic heterocycles. The number of rotatable bonds is 12. The van der Waals surface area contributed by atoms with E-state index in [0.29, 0.717) is 71.0 Å². The molecule has 13 heteroatoms. The van der Waals surface area contributed by atoms with E-state index >= 15 is 0 Å². The van der Waals surface area contributed by atoms with Gasteiger partial charge in [0.15, 0.2) is 27.3 Å². The molecule has 0 aliphatic carbocycles. The van der Waals surface area contributed by atoms with Crippen LogP contribution >= 0.6 is 23.1 Å². The Hall–Kier alpha value is -4.62. The summed E-state index contributed by atoms with van der Waals surface area (Å²) in [6.45, 7) is 7.66. The van der Waals surface area contributed by atoms with Crippen LogP contribution in [0.15, 0.2) is 70.6 Å². The highest BCUT2D eigenvalue weighted by molar-refractivity contribution is 8.00. The number of aliphatic hydroxyl groups excluding tert-OH is 1. The van der Waals surface area contributed by atoms with Crippen LogP contribution in [0.25, 0.3) is 5.76 Å². The average molecular weight is 692 g/mol. The van der Waals surface area contributed by atoms with E-state index in [9.17, 15) is 19.1 Å². The van der Waals surface area contributed by atoms with Gasteiger partial charge in [-0.25, -0.2) is 4.39 Å². The summed E-state index contributed by atoms with van der Waals surface area (Å²) in [5.74, 6) is 0.423. The minimum absolute atomic E-state index is 0.122. The molecule has 0 saturated carbocycles. The number of hydrogen-bond acceptors (Lipinski definition) is 11. The van der Waals surface area contributed by atoms with Crippen LogP contribution in [0, 0.1) is 11.7 Å². The maximum Gasteiger partial charge on any atom is 0.301 e. The number of thioether (sulfide) groups is 1. The van der Waals surface area contributed by atoms with Crippen LogP contribution in [0.5, 0.6) is 23.0 Å². The van der Waals surface area contributed by atoms with Crippen molar-refractivity contribution in [3.05, 3.63) is 88.7 Å². The molecule has 0 radical (unpaired) electrons. The van der Waals surface area contributed by atoms with Crippen molar-refractivity contribution < 1.29 is 38.0 Å². The summed E-state index contributed by atoms with van der Waals surface area (Å²) in [7, 11) is 0. The normalized spacial score (nSPS) is 16.9. The van der Waals surface area contributed by atoms with Crippen molar-refractivity contribution in [3.63, 3.8) is 0 Å². The molecule has 1 saturated heterocycles. The summed E-state index contributed by atoms with van der Waals surface area (Å²) < 4.78 is 37.2. The molecule has 2 aliphatic rings. The number of aliphatic hydroxyl groups is 1. The van der Waals surface area contributed by atoms with Crippen LogP contribution in [0.1, 0.15) is 49.9 Å². The van der Waals surface area contributed by atoms with Crippen molar-refractivity contribution >= 4 is 45.7 Å². The lowest BCUT2D eigenvalue weighted by molar-refractivity contribution is -0.132. The predicted octanol–water partition coefficient (Wildman–Crippen LogP) is 7.19. The Bertz CT molecular complexity index is 1840. The fourth-order valence-corrected chi connectivity index (χ4v) is 7.09. The van der Waals surface area contributed by atoms with E-state index in [2.05, 4.69) is 24.0 Å². The minimum atomic E-state index is -1.06. The van der Waals surface area contributed by atoms with Crippen LogP contribution in [0.4, 0.5) is 9.52 Å². The molecular formula is C35H34FN3O7S2. The van der Waals surface area contributed by atoms with Crippen LogP contribution in [-0.2, 0) is 15.3 Å². The summed E-state index contributed by atoms with van der Waals surface area (Å²) in [4.78, 5) is 28.9. The van der Waals surface area contributed by atoms with Crippen LogP contribution in [0.3, 0.4) is 0 Å². The van der Waals surface area contributed by atoms with Gasteiger partial charge in [0.05, 0.1) is 24.8 Å². The number of amides is 1. The van der Waals surface area contributed by atoms with E-state index in [0.717, 1.165) is 23.3 Å². The third kappa shape index (κ3) is 7.12. The van der Waals surface area contributed by atoms with Crippen LogP contribution in [0.2, 0.25) is 0 Å². The Balaban J connectivity index is 1.40. The molecule has 1 atom stereocenters. The quantitative estimate of drug-likeness (QED) is 0.0537. The summed E-state index contributed by atoms with van der Waals surface area (Å²) in [5.41, 5.74) is 1.55.